The second-order valence-corrected chi connectivity index (χ2v) is 4.73. The standard InChI is InChI=1S/C15H21N5/c1-4-7-17-14-9-15(20-12(3)19-14)18-10-13-11(2)6-5-8-16-13/h5-6,8-9H,4,7,10H2,1-3H3,(H2,17,18,19,20). The lowest BCUT2D eigenvalue weighted by molar-refractivity contribution is 0.946. The van der Waals surface area contributed by atoms with Crippen molar-refractivity contribution in [1.29, 1.82) is 0 Å². The Morgan fingerprint density at radius 2 is 1.85 bits per heavy atom. The highest BCUT2D eigenvalue weighted by Gasteiger charge is 2.03. The number of aromatic nitrogens is 3. The van der Waals surface area contributed by atoms with E-state index < -0.39 is 0 Å². The van der Waals surface area contributed by atoms with Gasteiger partial charge < -0.3 is 10.6 Å². The zero-order valence-electron chi connectivity index (χ0n) is 12.3. The van der Waals surface area contributed by atoms with Gasteiger partial charge in [-0.15, -0.1) is 0 Å². The third kappa shape index (κ3) is 3.91. The summed E-state index contributed by atoms with van der Waals surface area (Å²) in [5.41, 5.74) is 2.21. The highest BCUT2D eigenvalue weighted by atomic mass is 15.1. The van der Waals surface area contributed by atoms with Crippen molar-refractivity contribution in [1.82, 2.24) is 15.0 Å². The molecule has 0 bridgehead atoms. The van der Waals surface area contributed by atoms with Gasteiger partial charge in [0.25, 0.3) is 0 Å². The second kappa shape index (κ2) is 6.84. The third-order valence-electron chi connectivity index (χ3n) is 2.95. The molecule has 0 amide bonds. The van der Waals surface area contributed by atoms with E-state index in [1.165, 1.54) is 5.56 Å². The van der Waals surface area contributed by atoms with Crippen molar-refractivity contribution in [2.75, 3.05) is 17.2 Å². The molecule has 5 heteroatoms. The Kier molecular flexibility index (Phi) is 4.87. The molecule has 0 spiro atoms. The number of hydrogen-bond donors (Lipinski definition) is 2. The van der Waals surface area contributed by atoms with Crippen molar-refractivity contribution in [2.45, 2.75) is 33.7 Å². The summed E-state index contributed by atoms with van der Waals surface area (Å²) in [6, 6.07) is 5.94. The fraction of sp³-hybridized carbons (Fsp3) is 0.400. The lowest BCUT2D eigenvalue weighted by Gasteiger charge is -2.10. The van der Waals surface area contributed by atoms with Crippen LogP contribution in [0.1, 0.15) is 30.4 Å². The third-order valence-corrected chi connectivity index (χ3v) is 2.95. The monoisotopic (exact) mass is 271 g/mol. The molecule has 2 heterocycles. The van der Waals surface area contributed by atoms with Gasteiger partial charge in [0.1, 0.15) is 17.5 Å². The Morgan fingerprint density at radius 1 is 1.10 bits per heavy atom. The molecule has 20 heavy (non-hydrogen) atoms. The molecule has 0 aliphatic rings. The van der Waals surface area contributed by atoms with Gasteiger partial charge in [0, 0.05) is 18.8 Å². The van der Waals surface area contributed by atoms with Gasteiger partial charge in [-0.1, -0.05) is 13.0 Å². The molecule has 2 N–H and O–H groups in total. The summed E-state index contributed by atoms with van der Waals surface area (Å²) in [5, 5.41) is 6.58. The Morgan fingerprint density at radius 3 is 2.55 bits per heavy atom. The predicted octanol–water partition coefficient (Wildman–Crippen LogP) is 2.92. The van der Waals surface area contributed by atoms with Crippen LogP contribution in [0, 0.1) is 13.8 Å². The summed E-state index contributed by atoms with van der Waals surface area (Å²) < 4.78 is 0. The summed E-state index contributed by atoms with van der Waals surface area (Å²) in [6.07, 6.45) is 2.88. The van der Waals surface area contributed by atoms with Gasteiger partial charge in [0.05, 0.1) is 12.2 Å². The molecule has 2 aromatic heterocycles. The molecule has 0 fully saturated rings. The van der Waals surface area contributed by atoms with Crippen LogP contribution >= 0.6 is 0 Å². The van der Waals surface area contributed by atoms with E-state index in [-0.39, 0.29) is 0 Å². The summed E-state index contributed by atoms with van der Waals surface area (Å²) in [7, 11) is 0. The van der Waals surface area contributed by atoms with Crippen molar-refractivity contribution in [2.24, 2.45) is 0 Å². The van der Waals surface area contributed by atoms with E-state index >= 15 is 0 Å². The maximum atomic E-state index is 4.40. The summed E-state index contributed by atoms with van der Waals surface area (Å²) in [5.74, 6) is 2.44. The first-order valence-corrected chi connectivity index (χ1v) is 6.93. The molecule has 2 aromatic rings. The Bertz CT molecular complexity index is 568. The first-order chi connectivity index (χ1) is 9.69. The van der Waals surface area contributed by atoms with Crippen molar-refractivity contribution < 1.29 is 0 Å². The molecular formula is C15H21N5. The van der Waals surface area contributed by atoms with E-state index in [1.807, 2.05) is 25.3 Å². The van der Waals surface area contributed by atoms with Gasteiger partial charge in [-0.05, 0) is 31.9 Å². The highest BCUT2D eigenvalue weighted by Crippen LogP contribution is 2.13. The van der Waals surface area contributed by atoms with Crippen molar-refractivity contribution >= 4 is 11.6 Å². The van der Waals surface area contributed by atoms with Gasteiger partial charge in [-0.25, -0.2) is 9.97 Å². The van der Waals surface area contributed by atoms with Crippen LogP contribution in [0.5, 0.6) is 0 Å². The number of hydrogen-bond acceptors (Lipinski definition) is 5. The molecule has 0 saturated heterocycles. The SMILES string of the molecule is CCCNc1cc(NCc2ncccc2C)nc(C)n1. The largest absolute Gasteiger partial charge is 0.370 e. The van der Waals surface area contributed by atoms with Crippen molar-refractivity contribution in [3.63, 3.8) is 0 Å². The maximum absolute atomic E-state index is 4.40. The molecule has 0 aromatic carbocycles. The Hall–Kier alpha value is -2.17. The minimum absolute atomic E-state index is 0.663. The predicted molar refractivity (Wildman–Crippen MR) is 81.9 cm³/mol. The molecule has 0 aliphatic carbocycles. The van der Waals surface area contributed by atoms with Crippen LogP contribution in [-0.4, -0.2) is 21.5 Å². The quantitative estimate of drug-likeness (QED) is 0.845. The number of nitrogens with zero attached hydrogens (tertiary/aromatic N) is 3. The molecule has 2 rings (SSSR count). The fourth-order valence-electron chi connectivity index (χ4n) is 1.88. The van der Waals surface area contributed by atoms with E-state index in [2.05, 4.69) is 45.5 Å². The topological polar surface area (TPSA) is 62.7 Å². The van der Waals surface area contributed by atoms with E-state index in [0.29, 0.717) is 6.54 Å². The molecule has 0 saturated carbocycles. The minimum atomic E-state index is 0.663. The first kappa shape index (κ1) is 14.2. The van der Waals surface area contributed by atoms with Crippen LogP contribution in [0.2, 0.25) is 0 Å². The van der Waals surface area contributed by atoms with E-state index in [1.54, 1.807) is 0 Å². The van der Waals surface area contributed by atoms with Crippen LogP contribution < -0.4 is 10.6 Å². The lowest BCUT2D eigenvalue weighted by Crippen LogP contribution is -2.08. The van der Waals surface area contributed by atoms with Gasteiger partial charge in [0.2, 0.25) is 0 Å². The molecule has 0 aliphatic heterocycles. The lowest BCUT2D eigenvalue weighted by atomic mass is 10.2. The fourth-order valence-corrected chi connectivity index (χ4v) is 1.88. The summed E-state index contributed by atoms with van der Waals surface area (Å²) in [6.45, 7) is 7.66. The number of anilines is 2. The minimum Gasteiger partial charge on any atom is -0.370 e. The summed E-state index contributed by atoms with van der Waals surface area (Å²) in [4.78, 5) is 13.1. The second-order valence-electron chi connectivity index (χ2n) is 4.73. The molecule has 106 valence electrons. The number of aryl methyl sites for hydroxylation is 2. The maximum Gasteiger partial charge on any atom is 0.132 e. The van der Waals surface area contributed by atoms with Crippen molar-refractivity contribution in [3.05, 3.63) is 41.5 Å². The van der Waals surface area contributed by atoms with E-state index in [0.717, 1.165) is 36.1 Å². The average molecular weight is 271 g/mol. The van der Waals surface area contributed by atoms with Crippen LogP contribution in [0.15, 0.2) is 24.4 Å². The van der Waals surface area contributed by atoms with Gasteiger partial charge in [-0.3, -0.25) is 4.98 Å². The number of pyridine rings is 1. The first-order valence-electron chi connectivity index (χ1n) is 6.93. The number of nitrogens with one attached hydrogen (secondary N) is 2. The molecule has 0 unspecified atom stereocenters. The van der Waals surface area contributed by atoms with Crippen LogP contribution in [-0.2, 0) is 6.54 Å². The van der Waals surface area contributed by atoms with Crippen LogP contribution in [0.3, 0.4) is 0 Å². The zero-order chi connectivity index (χ0) is 14.4. The zero-order valence-corrected chi connectivity index (χ0v) is 12.3. The smallest absolute Gasteiger partial charge is 0.132 e. The molecular weight excluding hydrogens is 250 g/mol. The molecule has 0 radical (unpaired) electrons. The Labute approximate surface area is 119 Å². The van der Waals surface area contributed by atoms with Crippen molar-refractivity contribution in [3.8, 4) is 0 Å². The van der Waals surface area contributed by atoms with E-state index in [9.17, 15) is 0 Å². The summed E-state index contributed by atoms with van der Waals surface area (Å²) >= 11 is 0. The molecule has 0 atom stereocenters. The normalized spacial score (nSPS) is 10.3. The van der Waals surface area contributed by atoms with Gasteiger partial charge in [0.15, 0.2) is 0 Å². The van der Waals surface area contributed by atoms with Gasteiger partial charge >= 0.3 is 0 Å². The number of rotatable bonds is 6. The Balaban J connectivity index is 2.05. The van der Waals surface area contributed by atoms with Gasteiger partial charge in [-0.2, -0.15) is 0 Å². The van der Waals surface area contributed by atoms with Crippen LogP contribution in [0.4, 0.5) is 11.6 Å². The van der Waals surface area contributed by atoms with E-state index in [4.69, 9.17) is 0 Å². The average Bonchev–Trinajstić information content (AvgIpc) is 2.44. The highest BCUT2D eigenvalue weighted by molar-refractivity contribution is 5.47. The van der Waals surface area contributed by atoms with Crippen LogP contribution in [0.25, 0.3) is 0 Å². The molecule has 5 nitrogen and oxygen atoms in total.